The van der Waals surface area contributed by atoms with Gasteiger partial charge in [0.1, 0.15) is 12.7 Å². The lowest BCUT2D eigenvalue weighted by Gasteiger charge is -2.33. The van der Waals surface area contributed by atoms with Gasteiger partial charge in [0.25, 0.3) is 0 Å². The van der Waals surface area contributed by atoms with Crippen LogP contribution in [0.2, 0.25) is 5.02 Å². The van der Waals surface area contributed by atoms with Crippen LogP contribution in [0.3, 0.4) is 0 Å². The summed E-state index contributed by atoms with van der Waals surface area (Å²) in [7, 11) is 5.82. The van der Waals surface area contributed by atoms with Gasteiger partial charge in [-0.2, -0.15) is 0 Å². The molecule has 0 bridgehead atoms. The summed E-state index contributed by atoms with van der Waals surface area (Å²) < 4.78 is 11.4. The van der Waals surface area contributed by atoms with Gasteiger partial charge in [0.05, 0.1) is 7.11 Å². The molecule has 1 N–H and O–H groups in total. The Hall–Kier alpha value is -1.83. The number of hydrogen-bond donors (Lipinski definition) is 1. The Morgan fingerprint density at radius 2 is 1.81 bits per heavy atom. The zero-order chi connectivity index (χ0) is 22.2. The number of piperazine rings is 1. The lowest BCUT2D eigenvalue weighted by atomic mass is 10.1. The Kier molecular flexibility index (Phi) is 8.99. The van der Waals surface area contributed by atoms with Crippen LogP contribution in [0.15, 0.2) is 42.5 Å². The third-order valence-electron chi connectivity index (χ3n) is 5.57. The van der Waals surface area contributed by atoms with Gasteiger partial charge in [0.2, 0.25) is 0 Å². The standard InChI is InChI=1S/C24H34ClN3O3/c1-26-10-12-28(13-11-26)17-21(29)18-31-24-14-19(8-9-23(24)30-3)15-27(2)16-20-6-4-5-7-22(20)25/h4-9,14,21,29H,10-13,15-18H2,1-3H3/t21-/m1/s1. The van der Waals surface area contributed by atoms with Crippen molar-refractivity contribution in [2.45, 2.75) is 19.2 Å². The highest BCUT2D eigenvalue weighted by Gasteiger charge is 2.18. The number of ether oxygens (including phenoxy) is 2. The zero-order valence-corrected chi connectivity index (χ0v) is 19.5. The van der Waals surface area contributed by atoms with Crippen LogP contribution in [0.1, 0.15) is 11.1 Å². The van der Waals surface area contributed by atoms with Gasteiger partial charge in [-0.3, -0.25) is 9.80 Å². The second kappa shape index (κ2) is 11.7. The number of benzene rings is 2. The van der Waals surface area contributed by atoms with Crippen LogP contribution in [0.25, 0.3) is 0 Å². The lowest BCUT2D eigenvalue weighted by Crippen LogP contribution is -2.47. The number of halogens is 1. The van der Waals surface area contributed by atoms with Gasteiger partial charge in [-0.1, -0.05) is 35.9 Å². The van der Waals surface area contributed by atoms with Crippen molar-refractivity contribution in [3.05, 3.63) is 58.6 Å². The van der Waals surface area contributed by atoms with E-state index >= 15 is 0 Å². The highest BCUT2D eigenvalue weighted by atomic mass is 35.5. The summed E-state index contributed by atoms with van der Waals surface area (Å²) in [5.74, 6) is 1.33. The number of aliphatic hydroxyl groups is 1. The van der Waals surface area contributed by atoms with Gasteiger partial charge in [-0.25, -0.2) is 0 Å². The van der Waals surface area contributed by atoms with Crippen molar-refractivity contribution in [3.63, 3.8) is 0 Å². The molecule has 1 aliphatic heterocycles. The number of nitrogens with zero attached hydrogens (tertiary/aromatic N) is 3. The van der Waals surface area contributed by atoms with Gasteiger partial charge in [0, 0.05) is 50.8 Å². The molecule has 0 saturated carbocycles. The van der Waals surface area contributed by atoms with Crippen LogP contribution >= 0.6 is 11.6 Å². The number of aliphatic hydroxyl groups excluding tert-OH is 1. The fourth-order valence-corrected chi connectivity index (χ4v) is 3.98. The Morgan fingerprint density at radius 3 is 2.52 bits per heavy atom. The first-order chi connectivity index (χ1) is 14.9. The van der Waals surface area contributed by atoms with Gasteiger partial charge >= 0.3 is 0 Å². The van der Waals surface area contributed by atoms with E-state index < -0.39 is 6.10 Å². The quantitative estimate of drug-likeness (QED) is 0.604. The molecule has 1 aliphatic rings. The SMILES string of the molecule is COc1ccc(CN(C)Cc2ccccc2Cl)cc1OC[C@H](O)CN1CCN(C)CC1. The van der Waals surface area contributed by atoms with Crippen molar-refractivity contribution in [3.8, 4) is 11.5 Å². The minimum absolute atomic E-state index is 0.238. The third-order valence-corrected chi connectivity index (χ3v) is 5.94. The molecular formula is C24H34ClN3O3. The van der Waals surface area contributed by atoms with E-state index in [2.05, 4.69) is 28.8 Å². The summed E-state index contributed by atoms with van der Waals surface area (Å²) in [5, 5.41) is 11.2. The molecule has 1 heterocycles. The van der Waals surface area contributed by atoms with Crippen molar-refractivity contribution in [2.24, 2.45) is 0 Å². The molecule has 1 saturated heterocycles. The highest BCUT2D eigenvalue weighted by Crippen LogP contribution is 2.29. The van der Waals surface area contributed by atoms with Gasteiger partial charge < -0.3 is 19.5 Å². The Labute approximate surface area is 190 Å². The predicted molar refractivity (Wildman–Crippen MR) is 125 cm³/mol. The number of likely N-dealkylation sites (N-methyl/N-ethyl adjacent to an activating group) is 1. The molecule has 3 rings (SSSR count). The Morgan fingerprint density at radius 1 is 1.06 bits per heavy atom. The topological polar surface area (TPSA) is 48.4 Å². The van der Waals surface area contributed by atoms with Crippen LogP contribution in [0.4, 0.5) is 0 Å². The first-order valence-corrected chi connectivity index (χ1v) is 11.1. The molecule has 6 nitrogen and oxygen atoms in total. The molecule has 0 unspecified atom stereocenters. The zero-order valence-electron chi connectivity index (χ0n) is 18.8. The molecule has 1 fully saturated rings. The molecule has 0 aliphatic carbocycles. The maximum atomic E-state index is 10.5. The highest BCUT2D eigenvalue weighted by molar-refractivity contribution is 6.31. The molecule has 0 amide bonds. The molecule has 0 aromatic heterocycles. The molecule has 0 radical (unpaired) electrons. The largest absolute Gasteiger partial charge is 0.493 e. The van der Waals surface area contributed by atoms with Gasteiger partial charge in [-0.05, 0) is 43.4 Å². The summed E-state index contributed by atoms with van der Waals surface area (Å²) in [5.41, 5.74) is 2.21. The minimum atomic E-state index is -0.542. The maximum Gasteiger partial charge on any atom is 0.161 e. The molecular weight excluding hydrogens is 414 g/mol. The van der Waals surface area contributed by atoms with Crippen molar-refractivity contribution in [1.29, 1.82) is 0 Å². The van der Waals surface area contributed by atoms with Crippen molar-refractivity contribution in [2.75, 3.05) is 60.5 Å². The van der Waals surface area contributed by atoms with E-state index in [0.717, 1.165) is 55.4 Å². The fourth-order valence-electron chi connectivity index (χ4n) is 3.78. The maximum absolute atomic E-state index is 10.5. The van der Waals surface area contributed by atoms with Gasteiger partial charge in [-0.15, -0.1) is 0 Å². The molecule has 2 aromatic carbocycles. The number of β-amino-alcohol motifs (C(OH)–C–C–N with tert-alkyl or cyclic N) is 1. The summed E-state index contributed by atoms with van der Waals surface area (Å²) >= 11 is 6.29. The smallest absolute Gasteiger partial charge is 0.161 e. The number of hydrogen-bond acceptors (Lipinski definition) is 6. The van der Waals surface area contributed by atoms with E-state index in [1.807, 2.05) is 42.5 Å². The molecule has 7 heteroatoms. The lowest BCUT2D eigenvalue weighted by molar-refractivity contribution is 0.0497. The second-order valence-electron chi connectivity index (χ2n) is 8.32. The summed E-state index contributed by atoms with van der Waals surface area (Å²) in [6.45, 7) is 6.38. The van der Waals surface area contributed by atoms with Crippen LogP contribution in [-0.4, -0.2) is 86.4 Å². The Balaban J connectivity index is 1.55. The number of rotatable bonds is 10. The van der Waals surface area contributed by atoms with E-state index in [-0.39, 0.29) is 6.61 Å². The average Bonchev–Trinajstić information content (AvgIpc) is 2.75. The molecule has 0 spiro atoms. The number of methoxy groups -OCH3 is 1. The van der Waals surface area contributed by atoms with E-state index in [0.29, 0.717) is 18.0 Å². The van der Waals surface area contributed by atoms with E-state index in [1.54, 1.807) is 7.11 Å². The van der Waals surface area contributed by atoms with Gasteiger partial charge in [0.15, 0.2) is 11.5 Å². The summed E-state index contributed by atoms with van der Waals surface area (Å²) in [6, 6.07) is 13.8. The van der Waals surface area contributed by atoms with E-state index in [1.165, 1.54) is 0 Å². The molecule has 170 valence electrons. The first-order valence-electron chi connectivity index (χ1n) is 10.7. The minimum Gasteiger partial charge on any atom is -0.493 e. The monoisotopic (exact) mass is 447 g/mol. The molecule has 31 heavy (non-hydrogen) atoms. The Bertz CT molecular complexity index is 827. The first kappa shape index (κ1) is 23.8. The second-order valence-corrected chi connectivity index (χ2v) is 8.72. The van der Waals surface area contributed by atoms with E-state index in [9.17, 15) is 5.11 Å². The third kappa shape index (κ3) is 7.37. The van der Waals surface area contributed by atoms with Crippen molar-refractivity contribution < 1.29 is 14.6 Å². The van der Waals surface area contributed by atoms with Crippen molar-refractivity contribution in [1.82, 2.24) is 14.7 Å². The predicted octanol–water partition coefficient (Wildman–Crippen LogP) is 2.97. The van der Waals surface area contributed by atoms with Crippen LogP contribution in [0, 0.1) is 0 Å². The van der Waals surface area contributed by atoms with Crippen LogP contribution in [0.5, 0.6) is 11.5 Å². The fraction of sp³-hybridized carbons (Fsp3) is 0.500. The normalized spacial score (nSPS) is 16.5. The summed E-state index contributed by atoms with van der Waals surface area (Å²) in [4.78, 5) is 6.79. The van der Waals surface area contributed by atoms with E-state index in [4.69, 9.17) is 21.1 Å². The summed E-state index contributed by atoms with van der Waals surface area (Å²) in [6.07, 6.45) is -0.542. The van der Waals surface area contributed by atoms with Crippen LogP contribution in [-0.2, 0) is 13.1 Å². The van der Waals surface area contributed by atoms with Crippen molar-refractivity contribution >= 4 is 11.6 Å². The van der Waals surface area contributed by atoms with Crippen LogP contribution < -0.4 is 9.47 Å². The molecule has 1 atom stereocenters. The average molecular weight is 448 g/mol. The molecule has 2 aromatic rings.